The minimum absolute atomic E-state index is 0.146. The Morgan fingerprint density at radius 1 is 1.27 bits per heavy atom. The zero-order valence-electron chi connectivity index (χ0n) is 6.35. The molecule has 0 aromatic carbocycles. The average Bonchev–Trinajstić information content (AvgIpc) is 2.13. The molecule has 0 radical (unpaired) electrons. The van der Waals surface area contributed by atoms with E-state index in [2.05, 4.69) is 0 Å². The summed E-state index contributed by atoms with van der Waals surface area (Å²) in [5.41, 5.74) is 0. The molecule has 0 saturated heterocycles. The summed E-state index contributed by atoms with van der Waals surface area (Å²) < 4.78 is 24.2. The normalized spacial score (nSPS) is 27.2. The van der Waals surface area contributed by atoms with Crippen LogP contribution in [0.2, 0.25) is 0 Å². The molecule has 1 nitrogen and oxygen atoms in total. The van der Waals surface area contributed by atoms with Crippen molar-refractivity contribution in [2.75, 3.05) is 0 Å². The van der Waals surface area contributed by atoms with Gasteiger partial charge in [0, 0.05) is 18.8 Å². The molecule has 1 aliphatic carbocycles. The fourth-order valence-corrected chi connectivity index (χ4v) is 1.43. The van der Waals surface area contributed by atoms with Crippen molar-refractivity contribution in [3.05, 3.63) is 0 Å². The van der Waals surface area contributed by atoms with Gasteiger partial charge in [-0.1, -0.05) is 0 Å². The summed E-state index contributed by atoms with van der Waals surface area (Å²) in [6.45, 7) is 0. The van der Waals surface area contributed by atoms with Crippen molar-refractivity contribution < 1.29 is 13.6 Å². The minimum atomic E-state index is -2.24. The van der Waals surface area contributed by atoms with Crippen LogP contribution in [0.4, 0.5) is 8.78 Å². The minimum Gasteiger partial charge on any atom is -0.300 e. The Bertz CT molecular complexity index is 145. The number of hydrogen-bond acceptors (Lipinski definition) is 1. The second-order valence-corrected chi connectivity index (χ2v) is 3.06. The maximum atomic E-state index is 12.1. The van der Waals surface area contributed by atoms with E-state index >= 15 is 0 Å². The van der Waals surface area contributed by atoms with Gasteiger partial charge in [-0.05, 0) is 19.3 Å². The second-order valence-electron chi connectivity index (χ2n) is 3.06. The number of rotatable bonds is 1. The second kappa shape index (κ2) is 3.79. The van der Waals surface area contributed by atoms with Crippen LogP contribution < -0.4 is 0 Å². The van der Waals surface area contributed by atoms with Gasteiger partial charge in [0.1, 0.15) is 5.78 Å². The smallest absolute Gasteiger partial charge is 0.241 e. The third-order valence-electron chi connectivity index (χ3n) is 2.18. The molecule has 1 saturated carbocycles. The molecular weight excluding hydrogens is 150 g/mol. The van der Waals surface area contributed by atoms with E-state index in [1.54, 1.807) is 0 Å². The number of alkyl halides is 2. The lowest BCUT2D eigenvalue weighted by Gasteiger charge is -2.10. The predicted molar refractivity (Wildman–Crippen MR) is 37.6 cm³/mol. The van der Waals surface area contributed by atoms with E-state index in [-0.39, 0.29) is 5.78 Å². The van der Waals surface area contributed by atoms with Crippen molar-refractivity contribution >= 4 is 5.78 Å². The van der Waals surface area contributed by atoms with Crippen molar-refractivity contribution in [2.45, 2.75) is 38.5 Å². The molecule has 1 fully saturated rings. The predicted octanol–water partition coefficient (Wildman–Crippen LogP) is 2.40. The van der Waals surface area contributed by atoms with Crippen molar-refractivity contribution in [3.63, 3.8) is 0 Å². The number of ketones is 1. The molecule has 0 heterocycles. The summed E-state index contributed by atoms with van der Waals surface area (Å²) >= 11 is 0. The molecular formula is C8H12F2O. The van der Waals surface area contributed by atoms with Crippen LogP contribution in [0.1, 0.15) is 32.1 Å². The monoisotopic (exact) mass is 162 g/mol. The average molecular weight is 162 g/mol. The van der Waals surface area contributed by atoms with Gasteiger partial charge in [-0.15, -0.1) is 0 Å². The molecule has 0 N–H and O–H groups in total. The van der Waals surface area contributed by atoms with Gasteiger partial charge in [-0.25, -0.2) is 8.78 Å². The van der Waals surface area contributed by atoms with Crippen LogP contribution >= 0.6 is 0 Å². The first kappa shape index (κ1) is 8.62. The topological polar surface area (TPSA) is 17.1 Å². The van der Waals surface area contributed by atoms with Crippen LogP contribution in [0.5, 0.6) is 0 Å². The Balaban J connectivity index is 2.40. The maximum absolute atomic E-state index is 12.1. The van der Waals surface area contributed by atoms with Crippen LogP contribution in [0.3, 0.4) is 0 Å². The molecule has 11 heavy (non-hydrogen) atoms. The molecule has 0 aromatic rings. The molecule has 1 rings (SSSR count). The van der Waals surface area contributed by atoms with Gasteiger partial charge in [-0.2, -0.15) is 0 Å². The molecule has 1 unspecified atom stereocenters. The summed E-state index contributed by atoms with van der Waals surface area (Å²) in [4.78, 5) is 10.8. The van der Waals surface area contributed by atoms with Gasteiger partial charge < -0.3 is 0 Å². The SMILES string of the molecule is O=C1CCCC(C(F)F)CC1. The van der Waals surface area contributed by atoms with Gasteiger partial charge in [0.15, 0.2) is 0 Å². The van der Waals surface area contributed by atoms with Crippen molar-refractivity contribution in [1.29, 1.82) is 0 Å². The van der Waals surface area contributed by atoms with E-state index in [1.807, 2.05) is 0 Å². The van der Waals surface area contributed by atoms with Gasteiger partial charge >= 0.3 is 0 Å². The molecule has 1 atom stereocenters. The highest BCUT2D eigenvalue weighted by Crippen LogP contribution is 2.26. The number of carbonyl (C=O) groups excluding carboxylic acids is 1. The molecule has 0 aliphatic heterocycles. The number of hydrogen-bond donors (Lipinski definition) is 0. The third kappa shape index (κ3) is 2.56. The van der Waals surface area contributed by atoms with Crippen LogP contribution in [0.25, 0.3) is 0 Å². The Kier molecular flexibility index (Phi) is 2.97. The highest BCUT2D eigenvalue weighted by Gasteiger charge is 2.23. The summed E-state index contributed by atoms with van der Waals surface area (Å²) in [7, 11) is 0. The zero-order valence-corrected chi connectivity index (χ0v) is 6.35. The third-order valence-corrected chi connectivity index (χ3v) is 2.18. The number of halogens is 2. The molecule has 64 valence electrons. The highest BCUT2D eigenvalue weighted by molar-refractivity contribution is 5.78. The van der Waals surface area contributed by atoms with Gasteiger partial charge in [0.25, 0.3) is 0 Å². The Hall–Kier alpha value is -0.470. The molecule has 0 spiro atoms. The van der Waals surface area contributed by atoms with Gasteiger partial charge in [-0.3, -0.25) is 4.79 Å². The number of carbonyl (C=O) groups is 1. The van der Waals surface area contributed by atoms with E-state index in [0.717, 1.165) is 0 Å². The fourth-order valence-electron chi connectivity index (χ4n) is 1.43. The van der Waals surface area contributed by atoms with E-state index in [4.69, 9.17) is 0 Å². The molecule has 0 amide bonds. The maximum Gasteiger partial charge on any atom is 0.241 e. The van der Waals surface area contributed by atoms with E-state index < -0.39 is 12.3 Å². The van der Waals surface area contributed by atoms with Crippen molar-refractivity contribution in [3.8, 4) is 0 Å². The van der Waals surface area contributed by atoms with Crippen molar-refractivity contribution in [2.24, 2.45) is 5.92 Å². The molecule has 3 heteroatoms. The quantitative estimate of drug-likeness (QED) is 0.541. The van der Waals surface area contributed by atoms with Gasteiger partial charge in [0.2, 0.25) is 6.43 Å². The Labute approximate surface area is 64.8 Å². The van der Waals surface area contributed by atoms with E-state index in [1.165, 1.54) is 0 Å². The lowest BCUT2D eigenvalue weighted by atomic mass is 10.0. The molecule has 1 aliphatic rings. The van der Waals surface area contributed by atoms with Crippen molar-refractivity contribution in [1.82, 2.24) is 0 Å². The summed E-state index contributed by atoms with van der Waals surface area (Å²) in [5, 5.41) is 0. The fraction of sp³-hybridized carbons (Fsp3) is 0.875. The van der Waals surface area contributed by atoms with E-state index in [0.29, 0.717) is 32.1 Å². The van der Waals surface area contributed by atoms with Crippen LogP contribution in [-0.4, -0.2) is 12.2 Å². The first-order valence-electron chi connectivity index (χ1n) is 4.00. The van der Waals surface area contributed by atoms with Gasteiger partial charge in [0.05, 0.1) is 0 Å². The highest BCUT2D eigenvalue weighted by atomic mass is 19.3. The van der Waals surface area contributed by atoms with Crippen LogP contribution in [-0.2, 0) is 4.79 Å². The molecule has 0 bridgehead atoms. The molecule has 0 aromatic heterocycles. The largest absolute Gasteiger partial charge is 0.300 e. The number of Topliss-reactive ketones (excluding diaryl/α,β-unsaturated/α-hetero) is 1. The summed E-state index contributed by atoms with van der Waals surface area (Å²) in [6.07, 6.45) is 0.173. The van der Waals surface area contributed by atoms with E-state index in [9.17, 15) is 13.6 Å². The zero-order chi connectivity index (χ0) is 8.27. The first-order chi connectivity index (χ1) is 5.20. The summed E-state index contributed by atoms with van der Waals surface area (Å²) in [5.74, 6) is -0.380. The Morgan fingerprint density at radius 3 is 2.64 bits per heavy atom. The standard InChI is InChI=1S/C8H12F2O/c9-8(10)6-2-1-3-7(11)5-4-6/h6,8H,1-5H2. The lowest BCUT2D eigenvalue weighted by molar-refractivity contribution is -0.119. The Morgan fingerprint density at radius 2 is 2.00 bits per heavy atom. The summed E-state index contributed by atoms with van der Waals surface area (Å²) in [6, 6.07) is 0. The van der Waals surface area contributed by atoms with Crippen LogP contribution in [0, 0.1) is 5.92 Å². The first-order valence-corrected chi connectivity index (χ1v) is 4.00. The lowest BCUT2D eigenvalue weighted by Crippen LogP contribution is -2.09. The van der Waals surface area contributed by atoms with Crippen LogP contribution in [0.15, 0.2) is 0 Å².